The van der Waals surface area contributed by atoms with E-state index >= 15 is 0 Å². The first-order chi connectivity index (χ1) is 15.1. The molecule has 0 spiro atoms. The number of methoxy groups -OCH3 is 1. The van der Waals surface area contributed by atoms with E-state index in [1.165, 1.54) is 0 Å². The second kappa shape index (κ2) is 9.20. The summed E-state index contributed by atoms with van der Waals surface area (Å²) in [5.41, 5.74) is 2.47. The molecule has 1 aliphatic heterocycles. The van der Waals surface area contributed by atoms with Gasteiger partial charge in [0.2, 0.25) is 11.9 Å². The lowest BCUT2D eigenvalue weighted by molar-refractivity contribution is -0.153. The number of anilines is 1. The number of rotatable bonds is 7. The van der Waals surface area contributed by atoms with Crippen molar-refractivity contribution >= 4 is 44.8 Å². The predicted octanol–water partition coefficient (Wildman–Crippen LogP) is 3.95. The van der Waals surface area contributed by atoms with Gasteiger partial charge in [0.05, 0.1) is 23.7 Å². The molecule has 0 N–H and O–H groups in total. The van der Waals surface area contributed by atoms with E-state index in [2.05, 4.69) is 15.9 Å². The molecule has 0 unspecified atom stereocenters. The van der Waals surface area contributed by atoms with E-state index in [-0.39, 0.29) is 12.5 Å². The van der Waals surface area contributed by atoms with Crippen LogP contribution in [0.2, 0.25) is 0 Å². The summed E-state index contributed by atoms with van der Waals surface area (Å²) >= 11 is 3.52. The maximum atomic E-state index is 13.7. The van der Waals surface area contributed by atoms with Gasteiger partial charge < -0.3 is 14.0 Å². The highest BCUT2D eigenvalue weighted by Gasteiger charge is 2.47. The Kier molecular flexibility index (Phi) is 6.38. The van der Waals surface area contributed by atoms with Crippen LogP contribution < -0.4 is 4.90 Å². The van der Waals surface area contributed by atoms with Gasteiger partial charge in [0.15, 0.2) is 5.92 Å². The SMILES string of the molecule is CCOC(=O)[C@H]1C(=O)N(CCCOC)c2nc3ccccc3n2[C@@H]1c1cccc(Br)c1. The van der Waals surface area contributed by atoms with Gasteiger partial charge in [-0.2, -0.15) is 0 Å². The highest BCUT2D eigenvalue weighted by atomic mass is 79.9. The zero-order chi connectivity index (χ0) is 22.0. The van der Waals surface area contributed by atoms with Crippen LogP contribution in [0.3, 0.4) is 0 Å². The number of nitrogens with zero attached hydrogens (tertiary/aromatic N) is 3. The molecule has 162 valence electrons. The van der Waals surface area contributed by atoms with Gasteiger partial charge in [-0.15, -0.1) is 0 Å². The van der Waals surface area contributed by atoms with Crippen LogP contribution in [0, 0.1) is 5.92 Å². The topological polar surface area (TPSA) is 73.7 Å². The third kappa shape index (κ3) is 3.97. The molecule has 1 aliphatic rings. The summed E-state index contributed by atoms with van der Waals surface area (Å²) in [6.07, 6.45) is 0.628. The van der Waals surface area contributed by atoms with Crippen molar-refractivity contribution in [1.29, 1.82) is 0 Å². The van der Waals surface area contributed by atoms with Crippen molar-refractivity contribution in [3.63, 3.8) is 0 Å². The van der Waals surface area contributed by atoms with Crippen molar-refractivity contribution < 1.29 is 19.1 Å². The number of esters is 1. The van der Waals surface area contributed by atoms with Gasteiger partial charge in [-0.1, -0.05) is 40.2 Å². The van der Waals surface area contributed by atoms with Crippen molar-refractivity contribution in [2.75, 3.05) is 31.8 Å². The number of para-hydroxylation sites is 2. The van der Waals surface area contributed by atoms with Crippen molar-refractivity contribution in [2.24, 2.45) is 5.92 Å². The first-order valence-electron chi connectivity index (χ1n) is 10.3. The third-order valence-corrected chi connectivity index (χ3v) is 5.90. The Hall–Kier alpha value is -2.71. The molecule has 0 fully saturated rings. The molecule has 2 aromatic carbocycles. The minimum absolute atomic E-state index is 0.203. The van der Waals surface area contributed by atoms with Crippen molar-refractivity contribution in [3.8, 4) is 0 Å². The highest BCUT2D eigenvalue weighted by molar-refractivity contribution is 9.10. The molecule has 2 atom stereocenters. The van der Waals surface area contributed by atoms with Crippen LogP contribution in [0.4, 0.5) is 5.95 Å². The number of amides is 1. The summed E-state index contributed by atoms with van der Waals surface area (Å²) in [5, 5.41) is 0. The van der Waals surface area contributed by atoms with E-state index in [1.807, 2.05) is 53.1 Å². The Bertz CT molecular complexity index is 1110. The zero-order valence-electron chi connectivity index (χ0n) is 17.5. The Morgan fingerprint density at radius 2 is 2.00 bits per heavy atom. The molecule has 0 aliphatic carbocycles. The summed E-state index contributed by atoms with van der Waals surface area (Å²) < 4.78 is 13.4. The molecule has 4 rings (SSSR count). The summed E-state index contributed by atoms with van der Waals surface area (Å²) in [6, 6.07) is 14.8. The maximum Gasteiger partial charge on any atom is 0.321 e. The molecule has 0 saturated carbocycles. The second-order valence-corrected chi connectivity index (χ2v) is 8.25. The van der Waals surface area contributed by atoms with Crippen LogP contribution in [-0.2, 0) is 19.1 Å². The summed E-state index contributed by atoms with van der Waals surface area (Å²) in [6.45, 7) is 2.85. The highest BCUT2D eigenvalue weighted by Crippen LogP contribution is 2.41. The van der Waals surface area contributed by atoms with Gasteiger partial charge in [0.1, 0.15) is 0 Å². The van der Waals surface area contributed by atoms with E-state index < -0.39 is 17.9 Å². The summed E-state index contributed by atoms with van der Waals surface area (Å²) in [4.78, 5) is 33.1. The summed E-state index contributed by atoms with van der Waals surface area (Å²) in [5.74, 6) is -1.31. The van der Waals surface area contributed by atoms with E-state index in [9.17, 15) is 9.59 Å². The van der Waals surface area contributed by atoms with Gasteiger partial charge in [-0.05, 0) is 43.2 Å². The number of benzene rings is 2. The molecule has 0 bridgehead atoms. The summed E-state index contributed by atoms with van der Waals surface area (Å²) in [7, 11) is 1.62. The largest absolute Gasteiger partial charge is 0.465 e. The lowest BCUT2D eigenvalue weighted by Gasteiger charge is -2.38. The maximum absolute atomic E-state index is 13.7. The molecular weight excluding hydrogens is 462 g/mol. The van der Waals surface area contributed by atoms with E-state index in [4.69, 9.17) is 14.5 Å². The van der Waals surface area contributed by atoms with Gasteiger partial charge in [0.25, 0.3) is 0 Å². The number of imidazole rings is 1. The fourth-order valence-corrected chi connectivity index (χ4v) is 4.53. The van der Waals surface area contributed by atoms with E-state index in [1.54, 1.807) is 18.9 Å². The monoisotopic (exact) mass is 485 g/mol. The normalized spacial score (nSPS) is 18.3. The van der Waals surface area contributed by atoms with E-state index in [0.29, 0.717) is 25.5 Å². The number of hydrogen-bond donors (Lipinski definition) is 0. The third-order valence-electron chi connectivity index (χ3n) is 5.41. The number of ether oxygens (including phenoxy) is 2. The standard InChI is InChI=1S/C23H24BrN3O4/c1-3-31-22(29)19-20(15-8-6-9-16(24)14-15)27-18-11-5-4-10-17(18)25-23(27)26(21(19)28)12-7-13-30-2/h4-6,8-11,14,19-20H,3,7,12-13H2,1-2H3/t19-,20-/m1/s1. The first-order valence-corrected chi connectivity index (χ1v) is 11.1. The predicted molar refractivity (Wildman–Crippen MR) is 121 cm³/mol. The van der Waals surface area contributed by atoms with Crippen LogP contribution in [0.5, 0.6) is 0 Å². The molecule has 1 amide bonds. The minimum Gasteiger partial charge on any atom is -0.465 e. The van der Waals surface area contributed by atoms with Crippen molar-refractivity contribution in [3.05, 3.63) is 58.6 Å². The molecule has 0 radical (unpaired) electrons. The second-order valence-electron chi connectivity index (χ2n) is 7.34. The smallest absolute Gasteiger partial charge is 0.321 e. The molecule has 7 nitrogen and oxygen atoms in total. The number of carbonyl (C=O) groups excluding carboxylic acids is 2. The zero-order valence-corrected chi connectivity index (χ0v) is 19.0. The molecule has 0 saturated heterocycles. The number of hydrogen-bond acceptors (Lipinski definition) is 5. The molecule has 1 aromatic heterocycles. The molecule has 31 heavy (non-hydrogen) atoms. The van der Waals surface area contributed by atoms with Crippen LogP contribution >= 0.6 is 15.9 Å². The fraction of sp³-hybridized carbons (Fsp3) is 0.348. The lowest BCUT2D eigenvalue weighted by atomic mass is 9.89. The number of fused-ring (bicyclic) bond motifs is 3. The van der Waals surface area contributed by atoms with Crippen molar-refractivity contribution in [1.82, 2.24) is 9.55 Å². The van der Waals surface area contributed by atoms with Gasteiger partial charge >= 0.3 is 5.97 Å². The number of carbonyl (C=O) groups is 2. The van der Waals surface area contributed by atoms with E-state index in [0.717, 1.165) is 21.1 Å². The van der Waals surface area contributed by atoms with Crippen molar-refractivity contribution in [2.45, 2.75) is 19.4 Å². The minimum atomic E-state index is -1.01. The first kappa shape index (κ1) is 21.5. The molecule has 3 aromatic rings. The average Bonchev–Trinajstić information content (AvgIpc) is 3.14. The Balaban J connectivity index is 1.94. The fourth-order valence-electron chi connectivity index (χ4n) is 4.12. The van der Waals surface area contributed by atoms with Crippen LogP contribution in [-0.4, -0.2) is 48.3 Å². The molecular formula is C23H24BrN3O4. The van der Waals surface area contributed by atoms with Gasteiger partial charge in [-0.3, -0.25) is 14.5 Å². The Labute approximate surface area is 189 Å². The number of halogens is 1. The molecule has 2 heterocycles. The number of aromatic nitrogens is 2. The van der Waals surface area contributed by atoms with Crippen LogP contribution in [0.1, 0.15) is 24.9 Å². The Morgan fingerprint density at radius 1 is 1.19 bits per heavy atom. The van der Waals surface area contributed by atoms with Gasteiger partial charge in [0, 0.05) is 24.7 Å². The Morgan fingerprint density at radius 3 is 2.74 bits per heavy atom. The lowest BCUT2D eigenvalue weighted by Crippen LogP contribution is -2.50. The quantitative estimate of drug-likeness (QED) is 0.287. The molecule has 8 heteroatoms. The van der Waals surface area contributed by atoms with Gasteiger partial charge in [-0.25, -0.2) is 4.98 Å². The van der Waals surface area contributed by atoms with Crippen LogP contribution in [0.15, 0.2) is 53.0 Å². The average molecular weight is 486 g/mol. The van der Waals surface area contributed by atoms with Crippen LogP contribution in [0.25, 0.3) is 11.0 Å².